The molecular weight excluding hydrogens is 310 g/mol. The quantitative estimate of drug-likeness (QED) is 0.850. The number of halogens is 3. The van der Waals surface area contributed by atoms with Gasteiger partial charge >= 0.3 is 0 Å². The first-order valence-corrected chi connectivity index (χ1v) is 7.12. The van der Waals surface area contributed by atoms with Crippen LogP contribution in [0.25, 0.3) is 0 Å². The van der Waals surface area contributed by atoms with Gasteiger partial charge in [0.15, 0.2) is 11.6 Å². The molecule has 2 N–H and O–H groups in total. The Bertz CT molecular complexity index is 647. The van der Waals surface area contributed by atoms with Crippen molar-refractivity contribution in [1.29, 1.82) is 0 Å². The zero-order valence-electron chi connectivity index (χ0n) is 11.7. The van der Waals surface area contributed by atoms with Crippen LogP contribution in [-0.4, -0.2) is 12.5 Å². The minimum atomic E-state index is -0.919. The van der Waals surface area contributed by atoms with Crippen molar-refractivity contribution >= 4 is 23.2 Å². The third-order valence-electron chi connectivity index (χ3n) is 3.00. The fraction of sp³-hybridized carbons (Fsp3) is 0.188. The van der Waals surface area contributed by atoms with Crippen LogP contribution in [0, 0.1) is 11.6 Å². The summed E-state index contributed by atoms with van der Waals surface area (Å²) in [5, 5.41) is 6.28. The van der Waals surface area contributed by atoms with Crippen molar-refractivity contribution in [3.8, 4) is 0 Å². The van der Waals surface area contributed by atoms with Crippen LogP contribution in [0.15, 0.2) is 42.5 Å². The van der Waals surface area contributed by atoms with Gasteiger partial charge in [-0.2, -0.15) is 0 Å². The number of hydrogen-bond acceptors (Lipinski definition) is 2. The van der Waals surface area contributed by atoms with Crippen molar-refractivity contribution in [2.24, 2.45) is 0 Å². The first-order chi connectivity index (χ1) is 10.5. The van der Waals surface area contributed by atoms with E-state index in [9.17, 15) is 13.6 Å². The van der Waals surface area contributed by atoms with Gasteiger partial charge in [0.2, 0.25) is 5.91 Å². The van der Waals surface area contributed by atoms with E-state index in [2.05, 4.69) is 10.6 Å². The normalized spacial score (nSPS) is 10.3. The molecule has 0 bridgehead atoms. The number of anilines is 1. The number of benzene rings is 2. The average molecular weight is 325 g/mol. The molecule has 22 heavy (non-hydrogen) atoms. The third kappa shape index (κ3) is 5.00. The highest BCUT2D eigenvalue weighted by atomic mass is 35.5. The van der Waals surface area contributed by atoms with Crippen molar-refractivity contribution in [3.63, 3.8) is 0 Å². The van der Waals surface area contributed by atoms with Crippen molar-refractivity contribution in [1.82, 2.24) is 5.32 Å². The van der Waals surface area contributed by atoms with Gasteiger partial charge in [0.05, 0.1) is 0 Å². The lowest BCUT2D eigenvalue weighted by Gasteiger charge is -2.08. The third-order valence-corrected chi connectivity index (χ3v) is 3.26. The molecule has 0 aliphatic heterocycles. The highest BCUT2D eigenvalue weighted by Gasteiger charge is 2.04. The number of carbonyl (C=O) groups is 1. The second kappa shape index (κ2) is 7.75. The Morgan fingerprint density at radius 2 is 1.77 bits per heavy atom. The van der Waals surface area contributed by atoms with E-state index in [1.807, 2.05) is 12.1 Å². The SMILES string of the molecule is O=C(CCNc1ccc(F)c(F)c1)NCc1ccc(Cl)cc1. The summed E-state index contributed by atoms with van der Waals surface area (Å²) >= 11 is 5.78. The van der Waals surface area contributed by atoms with Gasteiger partial charge in [-0.3, -0.25) is 4.79 Å². The molecule has 116 valence electrons. The van der Waals surface area contributed by atoms with Gasteiger partial charge < -0.3 is 10.6 Å². The fourth-order valence-corrected chi connectivity index (χ4v) is 1.94. The largest absolute Gasteiger partial charge is 0.384 e. The van der Waals surface area contributed by atoms with Crippen molar-refractivity contribution < 1.29 is 13.6 Å². The number of carbonyl (C=O) groups excluding carboxylic acids is 1. The van der Waals surface area contributed by atoms with Crippen LogP contribution in [0.3, 0.4) is 0 Å². The molecule has 0 radical (unpaired) electrons. The number of rotatable bonds is 6. The summed E-state index contributed by atoms with van der Waals surface area (Å²) in [6.45, 7) is 0.749. The van der Waals surface area contributed by atoms with Crippen LogP contribution >= 0.6 is 11.6 Å². The number of nitrogens with one attached hydrogen (secondary N) is 2. The molecule has 0 saturated heterocycles. The molecule has 2 aromatic carbocycles. The van der Waals surface area contributed by atoms with Crippen molar-refractivity contribution in [2.75, 3.05) is 11.9 Å². The Morgan fingerprint density at radius 3 is 2.45 bits per heavy atom. The Labute approximate surface area is 132 Å². The Morgan fingerprint density at radius 1 is 1.05 bits per heavy atom. The Hall–Kier alpha value is -2.14. The highest BCUT2D eigenvalue weighted by molar-refractivity contribution is 6.30. The molecule has 1 amide bonds. The molecule has 6 heteroatoms. The number of hydrogen-bond donors (Lipinski definition) is 2. The minimum Gasteiger partial charge on any atom is -0.384 e. The zero-order valence-corrected chi connectivity index (χ0v) is 12.5. The fourth-order valence-electron chi connectivity index (χ4n) is 1.82. The smallest absolute Gasteiger partial charge is 0.222 e. The first-order valence-electron chi connectivity index (χ1n) is 6.74. The molecule has 0 aliphatic rings. The predicted molar refractivity (Wildman–Crippen MR) is 82.8 cm³/mol. The van der Waals surface area contributed by atoms with Gasteiger partial charge in [-0.15, -0.1) is 0 Å². The molecule has 3 nitrogen and oxygen atoms in total. The molecule has 0 atom stereocenters. The topological polar surface area (TPSA) is 41.1 Å². The summed E-state index contributed by atoms with van der Waals surface area (Å²) in [4.78, 5) is 11.7. The van der Waals surface area contributed by atoms with Crippen molar-refractivity contribution in [2.45, 2.75) is 13.0 Å². The molecule has 0 aliphatic carbocycles. The van der Waals surface area contributed by atoms with Gasteiger partial charge in [-0.1, -0.05) is 23.7 Å². The maximum absolute atomic E-state index is 13.0. The van der Waals surface area contributed by atoms with Crippen LogP contribution in [0.2, 0.25) is 5.02 Å². The minimum absolute atomic E-state index is 0.134. The van der Waals surface area contributed by atoms with Crippen LogP contribution in [0.5, 0.6) is 0 Å². The van der Waals surface area contributed by atoms with E-state index in [1.54, 1.807) is 12.1 Å². The summed E-state index contributed by atoms with van der Waals surface area (Å²) in [6, 6.07) is 10.7. The maximum Gasteiger partial charge on any atom is 0.222 e. The summed E-state index contributed by atoms with van der Waals surface area (Å²) in [5.74, 6) is -1.95. The molecule has 0 heterocycles. The summed E-state index contributed by atoms with van der Waals surface area (Å²) < 4.78 is 25.8. The van der Waals surface area contributed by atoms with E-state index in [0.717, 1.165) is 17.7 Å². The van der Waals surface area contributed by atoms with E-state index in [0.29, 0.717) is 23.8 Å². The van der Waals surface area contributed by atoms with Gasteiger partial charge in [0.25, 0.3) is 0 Å². The van der Waals surface area contributed by atoms with E-state index < -0.39 is 11.6 Å². The molecular formula is C16H15ClF2N2O. The van der Waals surface area contributed by atoms with Gasteiger partial charge in [-0.05, 0) is 35.9 Å². The van der Waals surface area contributed by atoms with Gasteiger partial charge in [0.1, 0.15) is 0 Å². The second-order valence-electron chi connectivity index (χ2n) is 4.71. The van der Waals surface area contributed by atoms with E-state index in [4.69, 9.17) is 11.6 Å². The van der Waals surface area contributed by atoms with Crippen LogP contribution in [0.4, 0.5) is 14.5 Å². The maximum atomic E-state index is 13.0. The van der Waals surface area contributed by atoms with Crippen LogP contribution in [-0.2, 0) is 11.3 Å². The lowest BCUT2D eigenvalue weighted by atomic mass is 10.2. The predicted octanol–water partition coefficient (Wildman–Crippen LogP) is 3.74. The monoisotopic (exact) mass is 324 g/mol. The van der Waals surface area contributed by atoms with Crippen molar-refractivity contribution in [3.05, 3.63) is 64.7 Å². The molecule has 0 saturated carbocycles. The van der Waals surface area contributed by atoms with Gasteiger partial charge in [-0.25, -0.2) is 8.78 Å². The Balaban J connectivity index is 1.71. The molecule has 0 fully saturated rings. The lowest BCUT2D eigenvalue weighted by molar-refractivity contribution is -0.121. The Kier molecular flexibility index (Phi) is 5.72. The number of amides is 1. The van der Waals surface area contributed by atoms with E-state index in [-0.39, 0.29) is 12.3 Å². The standard InChI is InChI=1S/C16H15ClF2N2O/c17-12-3-1-11(2-4-12)10-21-16(22)7-8-20-13-5-6-14(18)15(19)9-13/h1-6,9,20H,7-8,10H2,(H,21,22). The molecule has 2 rings (SSSR count). The molecule has 0 spiro atoms. The summed E-state index contributed by atoms with van der Waals surface area (Å²) in [7, 11) is 0. The summed E-state index contributed by atoms with van der Waals surface area (Å²) in [6.07, 6.45) is 0.229. The van der Waals surface area contributed by atoms with E-state index >= 15 is 0 Å². The highest BCUT2D eigenvalue weighted by Crippen LogP contribution is 2.13. The summed E-state index contributed by atoms with van der Waals surface area (Å²) in [5.41, 5.74) is 1.38. The van der Waals surface area contributed by atoms with Crippen LogP contribution in [0.1, 0.15) is 12.0 Å². The van der Waals surface area contributed by atoms with Crippen LogP contribution < -0.4 is 10.6 Å². The first kappa shape index (κ1) is 16.2. The zero-order chi connectivity index (χ0) is 15.9. The van der Waals surface area contributed by atoms with E-state index in [1.165, 1.54) is 6.07 Å². The second-order valence-corrected chi connectivity index (χ2v) is 5.15. The average Bonchev–Trinajstić information content (AvgIpc) is 2.50. The molecule has 0 aromatic heterocycles. The van der Waals surface area contributed by atoms with Gasteiger partial charge in [0, 0.05) is 30.2 Å². The molecule has 2 aromatic rings. The molecule has 0 unspecified atom stereocenters. The lowest BCUT2D eigenvalue weighted by Crippen LogP contribution is -2.24.